The van der Waals surface area contributed by atoms with Crippen LogP contribution in [-0.4, -0.2) is 15.3 Å². The first-order valence-electron chi connectivity index (χ1n) is 3.74. The van der Waals surface area contributed by atoms with Crippen molar-refractivity contribution in [1.29, 1.82) is 0 Å². The molecule has 5 nitrogen and oxygen atoms in total. The summed E-state index contributed by atoms with van der Waals surface area (Å²) >= 11 is 0. The van der Waals surface area contributed by atoms with E-state index in [1.54, 1.807) is 12.1 Å². The number of allylic oxidation sites excluding steroid dienone is 1. The maximum atomic E-state index is 4.93. The van der Waals surface area contributed by atoms with Crippen LogP contribution in [0.15, 0.2) is 34.0 Å². The summed E-state index contributed by atoms with van der Waals surface area (Å²) in [5.41, 5.74) is 0.544. The zero-order chi connectivity index (χ0) is 9.10. The molecule has 0 saturated carbocycles. The quantitative estimate of drug-likeness (QED) is 0.664. The summed E-state index contributed by atoms with van der Waals surface area (Å²) in [6.45, 7) is 3.57. The van der Waals surface area contributed by atoms with Gasteiger partial charge in [-0.05, 0) is 0 Å². The number of hydrogen-bond donors (Lipinski definition) is 0. The lowest BCUT2D eigenvalue weighted by molar-refractivity contribution is 0.402. The Morgan fingerprint density at radius 1 is 1.46 bits per heavy atom. The first kappa shape index (κ1) is 7.72. The first-order chi connectivity index (χ1) is 6.40. The Labute approximate surface area is 74.0 Å². The minimum Gasteiger partial charge on any atom is -0.364 e. The van der Waals surface area contributed by atoms with Crippen molar-refractivity contribution in [2.45, 2.75) is 6.42 Å². The molecule has 0 saturated heterocycles. The van der Waals surface area contributed by atoms with E-state index in [4.69, 9.17) is 4.52 Å². The van der Waals surface area contributed by atoms with Gasteiger partial charge in [0.1, 0.15) is 6.26 Å². The van der Waals surface area contributed by atoms with Gasteiger partial charge >= 0.3 is 0 Å². The van der Waals surface area contributed by atoms with E-state index in [9.17, 15) is 0 Å². The lowest BCUT2D eigenvalue weighted by Gasteiger charge is -1.80. The highest BCUT2D eigenvalue weighted by Crippen LogP contribution is 2.13. The van der Waals surface area contributed by atoms with Gasteiger partial charge in [0.05, 0.1) is 0 Å². The molecule has 13 heavy (non-hydrogen) atoms. The highest BCUT2D eigenvalue weighted by molar-refractivity contribution is 5.43. The molecule has 2 heterocycles. The fourth-order valence-corrected chi connectivity index (χ4v) is 0.893. The molecule has 2 rings (SSSR count). The SMILES string of the molecule is C=CCc1noc(-c2ccon2)n1. The van der Waals surface area contributed by atoms with Crippen molar-refractivity contribution in [2.75, 3.05) is 0 Å². The summed E-state index contributed by atoms with van der Waals surface area (Å²) < 4.78 is 9.57. The van der Waals surface area contributed by atoms with Crippen LogP contribution in [0.1, 0.15) is 5.82 Å². The molecule has 66 valence electrons. The van der Waals surface area contributed by atoms with E-state index >= 15 is 0 Å². The molecule has 0 N–H and O–H groups in total. The smallest absolute Gasteiger partial charge is 0.280 e. The minimum atomic E-state index is 0.366. The molecule has 0 aliphatic heterocycles. The van der Waals surface area contributed by atoms with Crippen molar-refractivity contribution in [2.24, 2.45) is 0 Å². The summed E-state index contributed by atoms with van der Waals surface area (Å²) in [5.74, 6) is 0.957. The van der Waals surface area contributed by atoms with E-state index in [0.717, 1.165) is 0 Å². The number of aromatic nitrogens is 3. The Bertz CT molecular complexity index is 391. The standard InChI is InChI=1S/C8H7N3O2/c1-2-3-7-9-8(13-11-7)6-4-5-12-10-6/h2,4-5H,1,3H2. The number of rotatable bonds is 3. The minimum absolute atomic E-state index is 0.366. The average molecular weight is 177 g/mol. The fraction of sp³-hybridized carbons (Fsp3) is 0.125. The van der Waals surface area contributed by atoms with Crippen molar-refractivity contribution in [3.05, 3.63) is 30.8 Å². The van der Waals surface area contributed by atoms with Crippen molar-refractivity contribution in [3.63, 3.8) is 0 Å². The van der Waals surface area contributed by atoms with Crippen LogP contribution in [0.2, 0.25) is 0 Å². The molecule has 0 unspecified atom stereocenters. The summed E-state index contributed by atoms with van der Waals surface area (Å²) in [6.07, 6.45) is 3.74. The van der Waals surface area contributed by atoms with Crippen molar-refractivity contribution < 1.29 is 9.05 Å². The highest BCUT2D eigenvalue weighted by atomic mass is 16.5. The van der Waals surface area contributed by atoms with Crippen LogP contribution in [0, 0.1) is 0 Å². The van der Waals surface area contributed by atoms with Gasteiger partial charge in [0.15, 0.2) is 11.5 Å². The van der Waals surface area contributed by atoms with Crippen LogP contribution < -0.4 is 0 Å². The summed E-state index contributed by atoms with van der Waals surface area (Å²) in [4.78, 5) is 4.07. The zero-order valence-electron chi connectivity index (χ0n) is 6.80. The highest BCUT2D eigenvalue weighted by Gasteiger charge is 2.09. The van der Waals surface area contributed by atoms with Gasteiger partial charge < -0.3 is 9.05 Å². The van der Waals surface area contributed by atoms with Crippen LogP contribution in [0.5, 0.6) is 0 Å². The molecule has 2 aromatic rings. The maximum absolute atomic E-state index is 4.93. The van der Waals surface area contributed by atoms with Crippen molar-refractivity contribution >= 4 is 0 Å². The van der Waals surface area contributed by atoms with E-state index in [0.29, 0.717) is 23.8 Å². The lowest BCUT2D eigenvalue weighted by Crippen LogP contribution is -1.83. The maximum Gasteiger partial charge on any atom is 0.280 e. The van der Waals surface area contributed by atoms with Gasteiger partial charge in [-0.1, -0.05) is 16.4 Å². The summed E-state index contributed by atoms with van der Waals surface area (Å²) in [7, 11) is 0. The first-order valence-corrected chi connectivity index (χ1v) is 3.74. The Hall–Kier alpha value is -1.91. The van der Waals surface area contributed by atoms with Crippen LogP contribution in [-0.2, 0) is 6.42 Å². The second-order valence-electron chi connectivity index (χ2n) is 2.39. The molecule has 5 heteroatoms. The molecule has 0 bridgehead atoms. The number of hydrogen-bond acceptors (Lipinski definition) is 5. The third-order valence-electron chi connectivity index (χ3n) is 1.45. The Morgan fingerprint density at radius 3 is 3.08 bits per heavy atom. The van der Waals surface area contributed by atoms with E-state index in [2.05, 4.69) is 26.4 Å². The van der Waals surface area contributed by atoms with E-state index in [1.807, 2.05) is 0 Å². The van der Waals surface area contributed by atoms with E-state index in [1.165, 1.54) is 6.26 Å². The van der Waals surface area contributed by atoms with Gasteiger partial charge in [0.2, 0.25) is 0 Å². The molecule has 0 aliphatic carbocycles. The monoisotopic (exact) mass is 177 g/mol. The predicted octanol–water partition coefficient (Wildman–Crippen LogP) is 1.45. The molecular weight excluding hydrogens is 170 g/mol. The molecule has 2 aromatic heterocycles. The van der Waals surface area contributed by atoms with Crippen molar-refractivity contribution in [1.82, 2.24) is 15.3 Å². The van der Waals surface area contributed by atoms with Crippen molar-refractivity contribution in [3.8, 4) is 11.6 Å². The number of nitrogens with zero attached hydrogens (tertiary/aromatic N) is 3. The van der Waals surface area contributed by atoms with Crippen LogP contribution >= 0.6 is 0 Å². The fourth-order valence-electron chi connectivity index (χ4n) is 0.893. The second kappa shape index (κ2) is 3.22. The third kappa shape index (κ3) is 1.48. The molecule has 0 aromatic carbocycles. The summed E-state index contributed by atoms with van der Waals surface area (Å²) in [5, 5.41) is 7.39. The third-order valence-corrected chi connectivity index (χ3v) is 1.45. The Kier molecular flexibility index (Phi) is 1.91. The van der Waals surface area contributed by atoms with Gasteiger partial charge in [-0.3, -0.25) is 0 Å². The van der Waals surface area contributed by atoms with E-state index < -0.39 is 0 Å². The predicted molar refractivity (Wildman–Crippen MR) is 43.7 cm³/mol. The lowest BCUT2D eigenvalue weighted by atomic mass is 10.4. The van der Waals surface area contributed by atoms with Crippen LogP contribution in [0.4, 0.5) is 0 Å². The summed E-state index contributed by atoms with van der Waals surface area (Å²) in [6, 6.07) is 1.66. The molecule has 0 atom stereocenters. The van der Waals surface area contributed by atoms with Gasteiger partial charge in [-0.15, -0.1) is 6.58 Å². The molecule has 0 spiro atoms. The van der Waals surface area contributed by atoms with Gasteiger partial charge in [0, 0.05) is 12.5 Å². The van der Waals surface area contributed by atoms with Crippen LogP contribution in [0.25, 0.3) is 11.6 Å². The van der Waals surface area contributed by atoms with Crippen LogP contribution in [0.3, 0.4) is 0 Å². The Balaban J connectivity index is 2.28. The Morgan fingerprint density at radius 2 is 2.38 bits per heavy atom. The zero-order valence-corrected chi connectivity index (χ0v) is 6.80. The normalized spacial score (nSPS) is 10.2. The van der Waals surface area contributed by atoms with Gasteiger partial charge in [-0.2, -0.15) is 4.98 Å². The van der Waals surface area contributed by atoms with Gasteiger partial charge in [-0.25, -0.2) is 0 Å². The molecule has 0 fully saturated rings. The van der Waals surface area contributed by atoms with Gasteiger partial charge in [0.25, 0.3) is 5.89 Å². The van der Waals surface area contributed by atoms with E-state index in [-0.39, 0.29) is 0 Å². The molecule has 0 aliphatic rings. The largest absolute Gasteiger partial charge is 0.364 e. The molecular formula is C8H7N3O2. The topological polar surface area (TPSA) is 65.0 Å². The molecule has 0 amide bonds. The second-order valence-corrected chi connectivity index (χ2v) is 2.39. The molecule has 0 radical (unpaired) electrons. The average Bonchev–Trinajstić information content (AvgIpc) is 2.70.